The summed E-state index contributed by atoms with van der Waals surface area (Å²) in [6.45, 7) is 6.76. The van der Waals surface area contributed by atoms with Gasteiger partial charge in [-0.25, -0.2) is 14.8 Å². The Hall–Kier alpha value is -4.97. The Morgan fingerprint density at radius 1 is 1.05 bits per heavy atom. The number of nitrogens with zero attached hydrogens (tertiary/aromatic N) is 7. The number of fused-ring (bicyclic) bond motifs is 2. The van der Waals surface area contributed by atoms with E-state index in [-0.39, 0.29) is 18.0 Å². The molecule has 1 aromatic carbocycles. The molecule has 296 valence electrons. The second-order valence-corrected chi connectivity index (χ2v) is 14.7. The number of rotatable bonds is 13. The monoisotopic (exact) mass is 760 g/mol. The summed E-state index contributed by atoms with van der Waals surface area (Å²) in [6.07, 6.45) is 4.59. The number of carbonyl (C=O) groups excluding carboxylic acids is 2. The Labute approximate surface area is 320 Å². The van der Waals surface area contributed by atoms with Crippen LogP contribution in [0.3, 0.4) is 0 Å². The lowest BCUT2D eigenvalue weighted by molar-refractivity contribution is -0.201. The van der Waals surface area contributed by atoms with E-state index in [4.69, 9.17) is 33.8 Å². The van der Waals surface area contributed by atoms with Crippen LogP contribution in [0.2, 0.25) is 0 Å². The molecule has 0 spiro atoms. The first-order valence-corrected chi connectivity index (χ1v) is 18.8. The molecule has 3 aromatic heterocycles. The van der Waals surface area contributed by atoms with Crippen molar-refractivity contribution in [1.29, 1.82) is 0 Å². The van der Waals surface area contributed by atoms with E-state index in [0.29, 0.717) is 49.0 Å². The van der Waals surface area contributed by atoms with Gasteiger partial charge in [-0.1, -0.05) is 0 Å². The Bertz CT molecular complexity index is 1990. The fourth-order valence-corrected chi connectivity index (χ4v) is 7.82. The molecule has 0 bridgehead atoms. The first-order chi connectivity index (χ1) is 26.5. The summed E-state index contributed by atoms with van der Waals surface area (Å²) in [5.74, 6) is 0.850. The quantitative estimate of drug-likeness (QED) is 0.171. The molecular weight excluding hydrogens is 708 g/mol. The number of benzene rings is 1. The van der Waals surface area contributed by atoms with Crippen LogP contribution in [0.1, 0.15) is 44.9 Å². The minimum Gasteiger partial charge on any atom is -0.497 e. The van der Waals surface area contributed by atoms with Crippen LogP contribution in [-0.2, 0) is 32.6 Å². The van der Waals surface area contributed by atoms with Crippen molar-refractivity contribution in [3.05, 3.63) is 48.5 Å². The van der Waals surface area contributed by atoms with Crippen LogP contribution >= 0.6 is 0 Å². The van der Waals surface area contributed by atoms with Crippen molar-refractivity contribution in [1.82, 2.24) is 44.7 Å². The van der Waals surface area contributed by atoms with Gasteiger partial charge in [0.1, 0.15) is 41.5 Å². The molecule has 0 unspecified atom stereocenters. The molecule has 4 atom stereocenters. The number of hydrogen-bond acceptors (Lipinski definition) is 12. The third-order valence-electron chi connectivity index (χ3n) is 10.6. The predicted molar refractivity (Wildman–Crippen MR) is 204 cm³/mol. The van der Waals surface area contributed by atoms with Crippen molar-refractivity contribution >= 4 is 28.8 Å². The first kappa shape index (κ1) is 38.3. The van der Waals surface area contributed by atoms with Gasteiger partial charge in [-0.05, 0) is 71.4 Å². The van der Waals surface area contributed by atoms with E-state index in [2.05, 4.69) is 32.9 Å². The van der Waals surface area contributed by atoms with Crippen molar-refractivity contribution in [2.45, 2.75) is 76.0 Å². The summed E-state index contributed by atoms with van der Waals surface area (Å²) < 4.78 is 34.5. The Morgan fingerprint density at radius 3 is 2.55 bits per heavy atom. The summed E-state index contributed by atoms with van der Waals surface area (Å²) >= 11 is 0. The van der Waals surface area contributed by atoms with Gasteiger partial charge >= 0.3 is 6.03 Å². The lowest BCUT2D eigenvalue weighted by atomic mass is 10.0. The maximum atomic E-state index is 14.8. The molecular formula is C38H52N10O7. The Kier molecular flexibility index (Phi) is 11.2. The molecule has 6 heterocycles. The first-order valence-electron chi connectivity index (χ1n) is 18.8. The minimum absolute atomic E-state index is 0.0222. The van der Waals surface area contributed by atoms with Gasteiger partial charge in [0.25, 0.3) is 5.91 Å². The van der Waals surface area contributed by atoms with Crippen LogP contribution in [-0.4, -0.2) is 131 Å². The van der Waals surface area contributed by atoms with Crippen LogP contribution in [0, 0.1) is 0 Å². The molecule has 0 radical (unpaired) electrons. The molecule has 3 aliphatic rings. The number of hydrogen-bond donors (Lipinski definition) is 3. The molecule has 55 heavy (non-hydrogen) atoms. The number of likely N-dealkylation sites (tertiary alicyclic amines) is 1. The topological polar surface area (TPSA) is 171 Å². The fourth-order valence-electron chi connectivity index (χ4n) is 7.82. The van der Waals surface area contributed by atoms with Crippen LogP contribution in [0.5, 0.6) is 11.5 Å². The number of carbonyl (C=O) groups is 2. The number of amides is 3. The molecule has 7 rings (SSSR count). The van der Waals surface area contributed by atoms with Gasteiger partial charge in [-0.3, -0.25) is 9.48 Å². The van der Waals surface area contributed by atoms with Crippen molar-refractivity contribution in [2.75, 3.05) is 59.8 Å². The highest BCUT2D eigenvalue weighted by molar-refractivity contribution is 6.00. The highest BCUT2D eigenvalue weighted by atomic mass is 16.8. The summed E-state index contributed by atoms with van der Waals surface area (Å²) in [7, 11) is 8.79. The third-order valence-corrected chi connectivity index (χ3v) is 10.6. The summed E-state index contributed by atoms with van der Waals surface area (Å²) in [4.78, 5) is 40.3. The fraction of sp³-hybridized carbons (Fsp3) is 0.553. The van der Waals surface area contributed by atoms with Gasteiger partial charge < -0.3 is 54.0 Å². The zero-order chi connectivity index (χ0) is 38.9. The number of nitrogens with one attached hydrogen (secondary N) is 3. The van der Waals surface area contributed by atoms with E-state index in [1.807, 2.05) is 67.0 Å². The number of piperidine rings is 1. The van der Waals surface area contributed by atoms with Gasteiger partial charge in [-0.15, -0.1) is 0 Å². The number of anilines is 1. The molecule has 0 aliphatic carbocycles. The number of ether oxygens (including phenoxy) is 5. The molecule has 3 aliphatic heterocycles. The molecule has 17 nitrogen and oxygen atoms in total. The Balaban J connectivity index is 1.23. The molecule has 3 N–H and O–H groups in total. The van der Waals surface area contributed by atoms with E-state index >= 15 is 0 Å². The van der Waals surface area contributed by atoms with E-state index < -0.39 is 30.3 Å². The van der Waals surface area contributed by atoms with Crippen molar-refractivity contribution < 1.29 is 33.3 Å². The molecule has 3 saturated heterocycles. The highest BCUT2D eigenvalue weighted by Crippen LogP contribution is 2.46. The van der Waals surface area contributed by atoms with Crippen molar-refractivity contribution in [3.63, 3.8) is 0 Å². The van der Waals surface area contributed by atoms with Crippen molar-refractivity contribution in [3.8, 4) is 22.8 Å². The largest absolute Gasteiger partial charge is 0.497 e. The average Bonchev–Trinajstić information content (AvgIpc) is 3.95. The van der Waals surface area contributed by atoms with Gasteiger partial charge in [0.15, 0.2) is 18.1 Å². The molecule has 0 saturated carbocycles. The predicted octanol–water partition coefficient (Wildman–Crippen LogP) is 3.12. The van der Waals surface area contributed by atoms with Crippen LogP contribution in [0.4, 0.5) is 10.6 Å². The van der Waals surface area contributed by atoms with E-state index in [1.54, 1.807) is 25.9 Å². The molecule has 17 heteroatoms. The summed E-state index contributed by atoms with van der Waals surface area (Å²) in [5.41, 5.74) is 2.99. The molecule has 3 amide bonds. The van der Waals surface area contributed by atoms with Crippen LogP contribution in [0.15, 0.2) is 43.0 Å². The maximum Gasteiger partial charge on any atom is 0.314 e. The molecule has 4 aromatic rings. The zero-order valence-electron chi connectivity index (χ0n) is 32.6. The lowest BCUT2D eigenvalue weighted by Crippen LogP contribution is -2.53. The maximum absolute atomic E-state index is 14.8. The average molecular weight is 761 g/mol. The number of urea groups is 1. The number of aryl methyl sites for hydroxylation is 1. The van der Waals surface area contributed by atoms with Gasteiger partial charge in [0.05, 0.1) is 25.3 Å². The van der Waals surface area contributed by atoms with Gasteiger partial charge in [0, 0.05) is 69.4 Å². The van der Waals surface area contributed by atoms with Crippen LogP contribution in [0.25, 0.3) is 22.3 Å². The molecule has 3 fully saturated rings. The van der Waals surface area contributed by atoms with Gasteiger partial charge in [0.2, 0.25) is 0 Å². The second-order valence-electron chi connectivity index (χ2n) is 14.7. The smallest absolute Gasteiger partial charge is 0.314 e. The van der Waals surface area contributed by atoms with Gasteiger partial charge in [-0.2, -0.15) is 5.10 Å². The van der Waals surface area contributed by atoms with E-state index in [1.165, 1.54) is 6.33 Å². The standard InChI is InChI=1S/C38H52N10O7/c1-38(2)54-30-31(35(49)47(15-8-14-40-37(50)39-3)24-11-16-45(4)17-12-24)53-36(32(30)55-38)48-21-26(27-13-18-46(5)44-27)29-33(42-22-43-34(29)48)41-20-23-9-10-25(51-6)19-28(23)52-7/h9-10,13,18-19,21-22,24,30-32,36H,8,11-12,14-17,20H2,1-7H3,(H2,39,40,50)(H,41,42,43)/t30-,31+,32-,36-/m1/s1. The third kappa shape index (κ3) is 7.92. The SMILES string of the molecule is CNC(=O)NCCCN(C(=O)[C@H]1O[C@@H](n2cc(-c3ccn(C)n3)c3c(NCc4ccc(OC)cc4OC)ncnc32)[C@@H]2OC(C)(C)O[C@@H]21)C1CCN(C)CC1. The summed E-state index contributed by atoms with van der Waals surface area (Å²) in [5, 5.41) is 14.4. The zero-order valence-corrected chi connectivity index (χ0v) is 32.6. The van der Waals surface area contributed by atoms with E-state index in [9.17, 15) is 9.59 Å². The van der Waals surface area contributed by atoms with E-state index in [0.717, 1.165) is 48.1 Å². The second kappa shape index (κ2) is 16.0. The Morgan fingerprint density at radius 2 is 1.84 bits per heavy atom. The number of aromatic nitrogens is 5. The number of methoxy groups -OCH3 is 2. The van der Waals surface area contributed by atoms with Crippen LogP contribution < -0.4 is 25.4 Å². The summed E-state index contributed by atoms with van der Waals surface area (Å²) in [6, 6.07) is 7.38. The highest BCUT2D eigenvalue weighted by Gasteiger charge is 2.59. The lowest BCUT2D eigenvalue weighted by Gasteiger charge is -2.39. The normalized spacial score (nSPS) is 22.4. The van der Waals surface area contributed by atoms with Crippen molar-refractivity contribution in [2.24, 2.45) is 7.05 Å². The minimum atomic E-state index is -0.961.